The Kier molecular flexibility index (Phi) is 4.26. The van der Waals surface area contributed by atoms with Crippen LogP contribution in [0.2, 0.25) is 0 Å². The molecule has 1 aliphatic rings. The third-order valence-electron chi connectivity index (χ3n) is 4.26. The van der Waals surface area contributed by atoms with Crippen molar-refractivity contribution in [3.63, 3.8) is 0 Å². The number of rotatable bonds is 5. The van der Waals surface area contributed by atoms with Crippen LogP contribution in [0.15, 0.2) is 44.4 Å². The number of hydrogen-bond donors (Lipinski definition) is 2. The maximum atomic E-state index is 12.4. The number of aromatic nitrogens is 2. The molecule has 26 heavy (non-hydrogen) atoms. The van der Waals surface area contributed by atoms with Gasteiger partial charge in [0.05, 0.1) is 12.8 Å². The molecule has 0 saturated carbocycles. The van der Waals surface area contributed by atoms with Crippen molar-refractivity contribution in [3.05, 3.63) is 59.5 Å². The molecule has 4 rings (SSSR count). The maximum absolute atomic E-state index is 12.4. The van der Waals surface area contributed by atoms with E-state index in [1.807, 2.05) is 0 Å². The van der Waals surface area contributed by atoms with Crippen molar-refractivity contribution in [1.82, 2.24) is 20.8 Å². The van der Waals surface area contributed by atoms with Gasteiger partial charge in [-0.05, 0) is 25.0 Å². The third kappa shape index (κ3) is 3.23. The van der Waals surface area contributed by atoms with E-state index in [-0.39, 0.29) is 35.8 Å². The standard InChI is InChI=1S/C17H16N4O5/c22-16(13-8-24-9-19-13)20-10-3-4-14-12(6-10)15(21-26-14)17(23)18-7-11-2-1-5-25-11/h1-2,5,8-10H,3-4,6-7H2,(H,18,23)(H,20,22). The van der Waals surface area contributed by atoms with E-state index < -0.39 is 0 Å². The second kappa shape index (κ2) is 6.87. The number of furan rings is 1. The van der Waals surface area contributed by atoms with Gasteiger partial charge in [-0.15, -0.1) is 0 Å². The zero-order valence-electron chi connectivity index (χ0n) is 13.7. The Hall–Kier alpha value is -3.36. The van der Waals surface area contributed by atoms with E-state index >= 15 is 0 Å². The van der Waals surface area contributed by atoms with Crippen LogP contribution >= 0.6 is 0 Å². The van der Waals surface area contributed by atoms with E-state index in [1.54, 1.807) is 18.4 Å². The normalized spacial score (nSPS) is 16.1. The lowest BCUT2D eigenvalue weighted by atomic mass is 9.91. The summed E-state index contributed by atoms with van der Waals surface area (Å²) in [6, 6.07) is 3.39. The second-order valence-electron chi connectivity index (χ2n) is 5.98. The van der Waals surface area contributed by atoms with Gasteiger partial charge in [0.1, 0.15) is 17.8 Å². The molecule has 9 nitrogen and oxygen atoms in total. The smallest absolute Gasteiger partial charge is 0.274 e. The van der Waals surface area contributed by atoms with Gasteiger partial charge in [-0.2, -0.15) is 0 Å². The molecule has 2 N–H and O–H groups in total. The summed E-state index contributed by atoms with van der Waals surface area (Å²) in [5.41, 5.74) is 1.18. The molecule has 0 bridgehead atoms. The zero-order valence-corrected chi connectivity index (χ0v) is 13.7. The van der Waals surface area contributed by atoms with Gasteiger partial charge in [-0.25, -0.2) is 4.98 Å². The highest BCUT2D eigenvalue weighted by molar-refractivity contribution is 5.94. The number of hydrogen-bond acceptors (Lipinski definition) is 7. The average molecular weight is 356 g/mol. The number of oxazole rings is 1. The molecular weight excluding hydrogens is 340 g/mol. The SMILES string of the molecule is O=C(NC1CCc2onc(C(=O)NCc3ccco3)c2C1)c1cocn1. The van der Waals surface area contributed by atoms with Crippen molar-refractivity contribution >= 4 is 11.8 Å². The average Bonchev–Trinajstić information content (AvgIpc) is 3.40. The summed E-state index contributed by atoms with van der Waals surface area (Å²) in [6.45, 7) is 0.264. The quantitative estimate of drug-likeness (QED) is 0.709. The summed E-state index contributed by atoms with van der Waals surface area (Å²) < 4.78 is 15.3. The fraction of sp³-hybridized carbons (Fsp3) is 0.294. The molecule has 0 saturated heterocycles. The number of carbonyl (C=O) groups excluding carboxylic acids is 2. The Bertz CT molecular complexity index is 898. The first kappa shape index (κ1) is 16.1. The van der Waals surface area contributed by atoms with Crippen LogP contribution in [-0.4, -0.2) is 28.0 Å². The first-order valence-electron chi connectivity index (χ1n) is 8.17. The molecule has 0 aromatic carbocycles. The Labute approximate surface area is 147 Å². The molecule has 1 aliphatic carbocycles. The van der Waals surface area contributed by atoms with Gasteiger partial charge in [0.15, 0.2) is 17.8 Å². The summed E-state index contributed by atoms with van der Waals surface area (Å²) in [6.07, 6.45) is 5.79. The van der Waals surface area contributed by atoms with Gasteiger partial charge in [0, 0.05) is 18.0 Å². The molecule has 0 radical (unpaired) electrons. The van der Waals surface area contributed by atoms with Gasteiger partial charge in [0.25, 0.3) is 11.8 Å². The third-order valence-corrected chi connectivity index (χ3v) is 4.26. The molecule has 0 fully saturated rings. The van der Waals surface area contributed by atoms with Crippen molar-refractivity contribution in [3.8, 4) is 0 Å². The molecule has 2 amide bonds. The van der Waals surface area contributed by atoms with E-state index in [0.717, 1.165) is 5.56 Å². The summed E-state index contributed by atoms with van der Waals surface area (Å²) in [5, 5.41) is 9.55. The first-order chi connectivity index (χ1) is 12.7. The maximum Gasteiger partial charge on any atom is 0.274 e. The Morgan fingerprint density at radius 2 is 2.23 bits per heavy atom. The van der Waals surface area contributed by atoms with Crippen LogP contribution in [0.4, 0.5) is 0 Å². The second-order valence-corrected chi connectivity index (χ2v) is 5.98. The molecule has 9 heteroatoms. The van der Waals surface area contributed by atoms with E-state index in [2.05, 4.69) is 20.8 Å². The number of fused-ring (bicyclic) bond motifs is 1. The molecule has 0 aliphatic heterocycles. The number of nitrogens with zero attached hydrogens (tertiary/aromatic N) is 2. The summed E-state index contributed by atoms with van der Waals surface area (Å²) in [5.74, 6) is 0.677. The van der Waals surface area contributed by atoms with E-state index in [9.17, 15) is 9.59 Å². The highest BCUT2D eigenvalue weighted by atomic mass is 16.5. The van der Waals surface area contributed by atoms with Gasteiger partial charge in [-0.3, -0.25) is 9.59 Å². The lowest BCUT2D eigenvalue weighted by Crippen LogP contribution is -2.39. The molecule has 0 spiro atoms. The Morgan fingerprint density at radius 1 is 1.31 bits per heavy atom. The highest BCUT2D eigenvalue weighted by Gasteiger charge is 2.29. The van der Waals surface area contributed by atoms with Crippen molar-refractivity contribution in [2.45, 2.75) is 31.8 Å². The molecule has 1 unspecified atom stereocenters. The van der Waals surface area contributed by atoms with E-state index in [1.165, 1.54) is 12.7 Å². The molecule has 3 aromatic rings. The predicted octanol–water partition coefficient (Wildman–Crippen LogP) is 1.47. The van der Waals surface area contributed by atoms with E-state index in [4.69, 9.17) is 13.4 Å². The van der Waals surface area contributed by atoms with Crippen LogP contribution in [-0.2, 0) is 19.4 Å². The molecule has 3 heterocycles. The van der Waals surface area contributed by atoms with Crippen LogP contribution in [0.3, 0.4) is 0 Å². The van der Waals surface area contributed by atoms with Crippen molar-refractivity contribution in [2.75, 3.05) is 0 Å². The Morgan fingerprint density at radius 3 is 3.00 bits per heavy atom. The topological polar surface area (TPSA) is 123 Å². The summed E-state index contributed by atoms with van der Waals surface area (Å²) >= 11 is 0. The molecule has 1 atom stereocenters. The first-order valence-corrected chi connectivity index (χ1v) is 8.17. The fourth-order valence-corrected chi connectivity index (χ4v) is 2.95. The van der Waals surface area contributed by atoms with Crippen LogP contribution in [0.5, 0.6) is 0 Å². The van der Waals surface area contributed by atoms with E-state index in [0.29, 0.717) is 30.8 Å². The lowest BCUT2D eigenvalue weighted by molar-refractivity contribution is 0.0926. The Balaban J connectivity index is 1.42. The zero-order chi connectivity index (χ0) is 17.9. The van der Waals surface area contributed by atoms with Crippen molar-refractivity contribution in [1.29, 1.82) is 0 Å². The van der Waals surface area contributed by atoms with Crippen LogP contribution in [0.25, 0.3) is 0 Å². The number of carbonyl (C=O) groups is 2. The number of amides is 2. The molecular formula is C17H16N4O5. The van der Waals surface area contributed by atoms with Crippen molar-refractivity contribution in [2.24, 2.45) is 0 Å². The van der Waals surface area contributed by atoms with Crippen LogP contribution in [0, 0.1) is 0 Å². The molecule has 3 aromatic heterocycles. The predicted molar refractivity (Wildman–Crippen MR) is 86.2 cm³/mol. The number of nitrogens with one attached hydrogen (secondary N) is 2. The van der Waals surface area contributed by atoms with Crippen LogP contribution in [0.1, 0.15) is 44.5 Å². The van der Waals surface area contributed by atoms with Crippen molar-refractivity contribution < 1.29 is 22.9 Å². The minimum absolute atomic E-state index is 0.136. The van der Waals surface area contributed by atoms with Gasteiger partial charge in [-0.1, -0.05) is 5.16 Å². The number of aryl methyl sites for hydroxylation is 1. The summed E-state index contributed by atoms with van der Waals surface area (Å²) in [7, 11) is 0. The van der Waals surface area contributed by atoms with Gasteiger partial charge in [0.2, 0.25) is 0 Å². The largest absolute Gasteiger partial charge is 0.467 e. The minimum atomic E-state index is -0.338. The monoisotopic (exact) mass is 356 g/mol. The highest BCUT2D eigenvalue weighted by Crippen LogP contribution is 2.25. The van der Waals surface area contributed by atoms with Gasteiger partial charge < -0.3 is 24.0 Å². The molecule has 134 valence electrons. The minimum Gasteiger partial charge on any atom is -0.467 e. The van der Waals surface area contributed by atoms with Gasteiger partial charge >= 0.3 is 0 Å². The lowest BCUT2D eigenvalue weighted by Gasteiger charge is -2.22. The fourth-order valence-electron chi connectivity index (χ4n) is 2.95. The summed E-state index contributed by atoms with van der Waals surface area (Å²) in [4.78, 5) is 28.3. The van der Waals surface area contributed by atoms with Crippen LogP contribution < -0.4 is 10.6 Å².